The van der Waals surface area contributed by atoms with Crippen molar-refractivity contribution in [2.24, 2.45) is 0 Å². The molecule has 3 N–H and O–H groups in total. The van der Waals surface area contributed by atoms with E-state index in [0.29, 0.717) is 16.5 Å². The van der Waals surface area contributed by atoms with E-state index in [0.717, 1.165) is 22.3 Å². The number of aromatic nitrogens is 1. The number of anilines is 1. The van der Waals surface area contributed by atoms with Crippen molar-refractivity contribution in [2.45, 2.75) is 24.8 Å². The first-order chi connectivity index (χ1) is 21.6. The molecule has 0 aliphatic heterocycles. The van der Waals surface area contributed by atoms with Crippen molar-refractivity contribution >= 4 is 40.4 Å². The summed E-state index contributed by atoms with van der Waals surface area (Å²) < 4.78 is 7.22. The van der Waals surface area contributed by atoms with E-state index in [-0.39, 0.29) is 30.3 Å². The van der Waals surface area contributed by atoms with E-state index in [1.807, 2.05) is 36.4 Å². The number of nitro benzene ring substituents is 1. The quantitative estimate of drug-likeness (QED) is 0.134. The molecular formula is C34H28N4O7. The van der Waals surface area contributed by atoms with Gasteiger partial charge in [-0.15, -0.1) is 0 Å². The molecule has 0 saturated carbocycles. The number of hydrogen-bond donors (Lipinski definition) is 3. The van der Waals surface area contributed by atoms with Crippen molar-refractivity contribution in [3.63, 3.8) is 0 Å². The minimum atomic E-state index is -1.78. The number of para-hydroxylation sites is 1. The summed E-state index contributed by atoms with van der Waals surface area (Å²) in [4.78, 5) is 49.1. The van der Waals surface area contributed by atoms with Crippen LogP contribution in [0.4, 0.5) is 21.0 Å². The summed E-state index contributed by atoms with van der Waals surface area (Å²) >= 11 is 0. The Bertz CT molecular complexity index is 1920. The van der Waals surface area contributed by atoms with E-state index < -0.39 is 28.6 Å². The van der Waals surface area contributed by atoms with Gasteiger partial charge in [0.2, 0.25) is 0 Å². The summed E-state index contributed by atoms with van der Waals surface area (Å²) in [6.07, 6.45) is 0.779. The van der Waals surface area contributed by atoms with Gasteiger partial charge in [-0.3, -0.25) is 14.7 Å². The zero-order valence-corrected chi connectivity index (χ0v) is 24.1. The van der Waals surface area contributed by atoms with Gasteiger partial charge in [-0.05, 0) is 52.9 Å². The highest BCUT2D eigenvalue weighted by molar-refractivity contribution is 5.96. The van der Waals surface area contributed by atoms with Gasteiger partial charge >= 0.3 is 18.1 Å². The highest BCUT2D eigenvalue weighted by atomic mass is 16.6. The second-order valence-electron chi connectivity index (χ2n) is 11.0. The number of fused-ring (bicyclic) bond motifs is 4. The molecule has 1 unspecified atom stereocenters. The fraction of sp³-hybridized carbons (Fsp3) is 0.147. The SMILES string of the molecule is CC(Cc1cn(C(=O)OCC2c3ccccc3-c3ccccc32)c2ccccc12)(NC(=O)Nc1ccc([N+](=O)[O-])cc1)C(=O)O. The van der Waals surface area contributed by atoms with Crippen molar-refractivity contribution in [3.05, 3.63) is 130 Å². The van der Waals surface area contributed by atoms with E-state index in [1.165, 1.54) is 35.8 Å². The minimum absolute atomic E-state index is 0.117. The lowest BCUT2D eigenvalue weighted by molar-refractivity contribution is -0.384. The summed E-state index contributed by atoms with van der Waals surface area (Å²) in [5.74, 6) is -1.42. The van der Waals surface area contributed by atoms with Gasteiger partial charge in [-0.2, -0.15) is 0 Å². The number of benzene rings is 4. The van der Waals surface area contributed by atoms with Crippen molar-refractivity contribution in [1.29, 1.82) is 0 Å². The van der Waals surface area contributed by atoms with Crippen LogP contribution in [0.3, 0.4) is 0 Å². The first-order valence-electron chi connectivity index (χ1n) is 14.2. The summed E-state index contributed by atoms with van der Waals surface area (Å²) in [6.45, 7) is 1.48. The van der Waals surface area contributed by atoms with E-state index in [1.54, 1.807) is 30.5 Å². The van der Waals surface area contributed by atoms with Crippen molar-refractivity contribution in [3.8, 4) is 11.1 Å². The van der Waals surface area contributed by atoms with E-state index in [2.05, 4.69) is 22.8 Å². The van der Waals surface area contributed by atoms with E-state index >= 15 is 0 Å². The second-order valence-corrected chi connectivity index (χ2v) is 11.0. The van der Waals surface area contributed by atoms with Gasteiger partial charge in [0, 0.05) is 41.7 Å². The molecule has 2 amide bonds. The molecule has 11 nitrogen and oxygen atoms in total. The Kier molecular flexibility index (Phi) is 7.51. The number of carbonyl (C=O) groups excluding carboxylic acids is 2. The average molecular weight is 605 g/mol. The lowest BCUT2D eigenvalue weighted by Crippen LogP contribution is -2.55. The Morgan fingerprint density at radius 2 is 1.51 bits per heavy atom. The standard InChI is InChI=1S/C34H28N4O7/c1-34(31(39)40,36-32(41)35-22-14-16-23(17-15-22)38(43)44)18-21-19-37(30-13-7-6-8-24(21)30)33(42)45-20-29-27-11-4-2-9-25(27)26-10-3-5-12-28(26)29/h2-17,19,29H,18,20H2,1H3,(H,39,40)(H2,35,36,41). The van der Waals surface area contributed by atoms with Crippen LogP contribution in [0.15, 0.2) is 103 Å². The number of aliphatic carboxylic acids is 1. The van der Waals surface area contributed by atoms with Gasteiger partial charge in [-0.1, -0.05) is 66.7 Å². The van der Waals surface area contributed by atoms with Crippen LogP contribution in [0, 0.1) is 10.1 Å². The van der Waals surface area contributed by atoms with Gasteiger partial charge in [0.25, 0.3) is 5.69 Å². The molecule has 4 aromatic carbocycles. The van der Waals surface area contributed by atoms with Crippen LogP contribution >= 0.6 is 0 Å². The molecule has 1 aliphatic rings. The molecule has 1 heterocycles. The number of carbonyl (C=O) groups is 3. The summed E-state index contributed by atoms with van der Waals surface area (Å²) in [7, 11) is 0. The molecule has 0 spiro atoms. The molecule has 1 aliphatic carbocycles. The second kappa shape index (κ2) is 11.6. The number of amides is 2. The molecule has 226 valence electrons. The Balaban J connectivity index is 1.21. The van der Waals surface area contributed by atoms with Crippen LogP contribution in [-0.2, 0) is 16.0 Å². The lowest BCUT2D eigenvalue weighted by atomic mass is 9.92. The molecule has 0 radical (unpaired) electrons. The number of nitrogens with one attached hydrogen (secondary N) is 2. The van der Waals surface area contributed by atoms with Gasteiger partial charge in [0.05, 0.1) is 10.4 Å². The normalized spacial score (nSPS) is 13.4. The maximum Gasteiger partial charge on any atom is 0.418 e. The van der Waals surface area contributed by atoms with Crippen LogP contribution < -0.4 is 10.6 Å². The maximum absolute atomic E-state index is 13.5. The Morgan fingerprint density at radius 1 is 0.911 bits per heavy atom. The molecule has 6 rings (SSSR count). The monoisotopic (exact) mass is 604 g/mol. The van der Waals surface area contributed by atoms with Crippen LogP contribution in [0.1, 0.15) is 29.5 Å². The molecule has 0 fully saturated rings. The average Bonchev–Trinajstić information content (AvgIpc) is 3.55. The zero-order valence-electron chi connectivity index (χ0n) is 24.1. The molecule has 0 bridgehead atoms. The largest absolute Gasteiger partial charge is 0.480 e. The molecule has 1 aromatic heterocycles. The third-order valence-corrected chi connectivity index (χ3v) is 8.07. The summed E-state index contributed by atoms with van der Waals surface area (Å²) in [6, 6.07) is 27.5. The predicted molar refractivity (Wildman–Crippen MR) is 167 cm³/mol. The fourth-order valence-electron chi connectivity index (χ4n) is 5.84. The van der Waals surface area contributed by atoms with Crippen LogP contribution in [0.5, 0.6) is 0 Å². The van der Waals surface area contributed by atoms with Crippen molar-refractivity contribution in [2.75, 3.05) is 11.9 Å². The molecular weight excluding hydrogens is 576 g/mol. The number of carboxylic acids is 1. The fourth-order valence-corrected chi connectivity index (χ4v) is 5.84. The first kappa shape index (κ1) is 29.1. The highest BCUT2D eigenvalue weighted by Crippen LogP contribution is 2.44. The van der Waals surface area contributed by atoms with Crippen molar-refractivity contribution < 1.29 is 29.2 Å². The Hall–Kier alpha value is -5.97. The summed E-state index contributed by atoms with van der Waals surface area (Å²) in [5, 5.41) is 26.7. The number of ether oxygens (including phenoxy) is 1. The third kappa shape index (κ3) is 5.58. The number of non-ortho nitro benzene ring substituents is 1. The van der Waals surface area contributed by atoms with Crippen LogP contribution in [0.2, 0.25) is 0 Å². The summed E-state index contributed by atoms with van der Waals surface area (Å²) in [5.41, 5.74) is 3.76. The van der Waals surface area contributed by atoms with Gasteiger partial charge in [-0.25, -0.2) is 14.4 Å². The Labute approximate surface area is 257 Å². The number of rotatable bonds is 8. The zero-order chi connectivity index (χ0) is 31.7. The number of nitro groups is 1. The molecule has 1 atom stereocenters. The molecule has 5 aromatic rings. The Morgan fingerprint density at radius 3 is 2.13 bits per heavy atom. The van der Waals surface area contributed by atoms with Gasteiger partial charge in [0.15, 0.2) is 0 Å². The van der Waals surface area contributed by atoms with E-state index in [9.17, 15) is 29.6 Å². The first-order valence-corrected chi connectivity index (χ1v) is 14.2. The maximum atomic E-state index is 13.5. The molecule has 0 saturated heterocycles. The van der Waals surface area contributed by atoms with Gasteiger partial charge in [0.1, 0.15) is 12.1 Å². The van der Waals surface area contributed by atoms with Gasteiger partial charge < -0.3 is 20.5 Å². The van der Waals surface area contributed by atoms with Crippen LogP contribution in [-0.4, -0.2) is 44.8 Å². The van der Waals surface area contributed by atoms with Crippen molar-refractivity contribution in [1.82, 2.24) is 9.88 Å². The van der Waals surface area contributed by atoms with E-state index in [4.69, 9.17) is 4.74 Å². The minimum Gasteiger partial charge on any atom is -0.480 e. The van der Waals surface area contributed by atoms with Crippen LogP contribution in [0.25, 0.3) is 22.0 Å². The topological polar surface area (TPSA) is 153 Å². The third-order valence-electron chi connectivity index (χ3n) is 8.07. The lowest BCUT2D eigenvalue weighted by Gasteiger charge is -2.26. The molecule has 45 heavy (non-hydrogen) atoms. The molecule has 11 heteroatoms. The predicted octanol–water partition coefficient (Wildman–Crippen LogP) is 6.55. The smallest absolute Gasteiger partial charge is 0.418 e. The number of urea groups is 1. The number of nitrogens with zero attached hydrogens (tertiary/aromatic N) is 2. The number of carboxylic acid groups (broad SMARTS) is 1. The number of hydrogen-bond acceptors (Lipinski definition) is 6. The highest BCUT2D eigenvalue weighted by Gasteiger charge is 2.37.